The van der Waals surface area contributed by atoms with Gasteiger partial charge in [-0.2, -0.15) is 0 Å². The Morgan fingerprint density at radius 2 is 1.18 bits per heavy atom. The van der Waals surface area contributed by atoms with Crippen LogP contribution in [0.2, 0.25) is 0 Å². The minimum Gasteiger partial charge on any atom is -0.309 e. The van der Waals surface area contributed by atoms with Gasteiger partial charge >= 0.3 is 0 Å². The van der Waals surface area contributed by atoms with Crippen LogP contribution < -0.4 is 0 Å². The highest BCUT2D eigenvalue weighted by molar-refractivity contribution is 7.15. The fourth-order valence-corrected chi connectivity index (χ4v) is 7.70. The van der Waals surface area contributed by atoms with Crippen molar-refractivity contribution in [3.63, 3.8) is 0 Å². The summed E-state index contributed by atoms with van der Waals surface area (Å²) in [5, 5.41) is 5.34. The summed E-state index contributed by atoms with van der Waals surface area (Å²) in [5.74, 6) is 0. The summed E-state index contributed by atoms with van der Waals surface area (Å²) in [4.78, 5) is 0. The van der Waals surface area contributed by atoms with Crippen LogP contribution in [0.1, 0.15) is 30.5 Å². The van der Waals surface area contributed by atoms with Gasteiger partial charge in [-0.15, -0.1) is 0 Å². The second-order valence-corrected chi connectivity index (χ2v) is 13.2. The molecule has 1 heterocycles. The Balaban J connectivity index is 0.000000312. The smallest absolute Gasteiger partial charge is 0.0683 e. The van der Waals surface area contributed by atoms with Gasteiger partial charge in [0.25, 0.3) is 0 Å². The monoisotopic (exact) mass is 583 g/mol. The number of aryl methyl sites for hydroxylation is 1. The Morgan fingerprint density at radius 1 is 0.500 bits per heavy atom. The molecule has 0 spiro atoms. The van der Waals surface area contributed by atoms with Gasteiger partial charge in [-0.05, 0) is 109 Å². The maximum atomic E-state index is 3.11. The van der Waals surface area contributed by atoms with Crippen LogP contribution in [-0.2, 0) is 5.41 Å². The number of nitrogens with one attached hydrogen (secondary N) is 1. The number of benzene rings is 7. The summed E-state index contributed by atoms with van der Waals surface area (Å²) in [7, 11) is 0. The summed E-state index contributed by atoms with van der Waals surface area (Å²) in [6, 6.07) is 50.8. The van der Waals surface area contributed by atoms with Gasteiger partial charge in [-0.3, -0.25) is 0 Å². The molecule has 1 aliphatic rings. The predicted molar refractivity (Wildman–Crippen MR) is 191 cm³/mol. The van der Waals surface area contributed by atoms with E-state index in [1.165, 1.54) is 81.8 Å². The Labute approximate surface area is 262 Å². The van der Waals surface area contributed by atoms with Gasteiger partial charge in [-0.1, -0.05) is 135 Å². The predicted octanol–water partition coefficient (Wildman–Crippen LogP) is 12.2. The Kier molecular flexibility index (Phi) is 6.29. The molecule has 0 saturated heterocycles. The van der Waals surface area contributed by atoms with Gasteiger partial charge in [0, 0.05) is 5.41 Å². The van der Waals surface area contributed by atoms with E-state index in [0.29, 0.717) is 0 Å². The number of fused-ring (bicyclic) bond motifs is 6. The van der Waals surface area contributed by atoms with Crippen molar-refractivity contribution in [1.29, 1.82) is 0 Å². The second kappa shape index (κ2) is 10.4. The first-order valence-corrected chi connectivity index (χ1v) is 16.1. The first kappa shape index (κ1) is 26.7. The van der Waals surface area contributed by atoms with E-state index < -0.39 is 0 Å². The number of hydrogen-bond donors (Lipinski definition) is 1. The highest BCUT2D eigenvalue weighted by atomic mass is 32.1. The molecule has 0 atom stereocenters. The van der Waals surface area contributed by atoms with Crippen LogP contribution in [-0.4, -0.2) is 4.37 Å². The fraction of sp³-hybridized carbons (Fsp3) is 0.0952. The third-order valence-corrected chi connectivity index (χ3v) is 10.3. The van der Waals surface area contributed by atoms with Crippen molar-refractivity contribution in [1.82, 2.24) is 4.37 Å². The van der Waals surface area contributed by atoms with Gasteiger partial charge in [0.05, 0.1) is 10.2 Å². The van der Waals surface area contributed by atoms with E-state index >= 15 is 0 Å². The standard InChI is InChI=1S/C36H28.C6H5NS/c1-23-27-16-7-8-18-29(27)35(26-15-11-14-25(20-26)24-12-5-4-6-13-24)32-22-34-31(21-30(23)32)28-17-9-10-19-33(28)36(34,2)3;1-2-4-6-5(3-1)7-8-6/h4-22H,1-3H3;1-4,7H. The molecule has 0 radical (unpaired) electrons. The second-order valence-electron chi connectivity index (χ2n) is 12.3. The topological polar surface area (TPSA) is 15.8 Å². The lowest BCUT2D eigenvalue weighted by Crippen LogP contribution is -2.14. The molecule has 2 heteroatoms. The number of aromatic amines is 1. The number of rotatable bonds is 2. The molecule has 9 rings (SSSR count). The van der Waals surface area contributed by atoms with E-state index in [0.717, 1.165) is 0 Å². The summed E-state index contributed by atoms with van der Waals surface area (Å²) in [5.41, 5.74) is 13.3. The Hall–Kier alpha value is -4.92. The summed E-state index contributed by atoms with van der Waals surface area (Å²) in [6.07, 6.45) is 0. The van der Waals surface area contributed by atoms with Crippen molar-refractivity contribution in [2.75, 3.05) is 0 Å². The number of hydrogen-bond acceptors (Lipinski definition) is 1. The van der Waals surface area contributed by atoms with Gasteiger partial charge in [0.1, 0.15) is 0 Å². The van der Waals surface area contributed by atoms with Crippen molar-refractivity contribution < 1.29 is 0 Å². The zero-order chi connectivity index (χ0) is 29.8. The lowest BCUT2D eigenvalue weighted by Gasteiger charge is -2.23. The molecule has 44 heavy (non-hydrogen) atoms. The van der Waals surface area contributed by atoms with E-state index in [4.69, 9.17) is 0 Å². The van der Waals surface area contributed by atoms with Gasteiger partial charge in [-0.25, -0.2) is 0 Å². The largest absolute Gasteiger partial charge is 0.309 e. The molecular weight excluding hydrogens is 551 g/mol. The van der Waals surface area contributed by atoms with Crippen LogP contribution in [0.25, 0.3) is 65.1 Å². The van der Waals surface area contributed by atoms with E-state index in [2.05, 4.69) is 153 Å². The van der Waals surface area contributed by atoms with Crippen LogP contribution in [0, 0.1) is 6.92 Å². The maximum Gasteiger partial charge on any atom is 0.0683 e. The van der Waals surface area contributed by atoms with E-state index in [9.17, 15) is 0 Å². The van der Waals surface area contributed by atoms with Gasteiger partial charge in [0.15, 0.2) is 0 Å². The first-order chi connectivity index (χ1) is 21.5. The first-order valence-electron chi connectivity index (χ1n) is 15.3. The Bertz CT molecular complexity index is 2290. The lowest BCUT2D eigenvalue weighted by molar-refractivity contribution is 0.661. The third kappa shape index (κ3) is 4.21. The van der Waals surface area contributed by atoms with Crippen molar-refractivity contribution in [2.24, 2.45) is 0 Å². The maximum absolute atomic E-state index is 3.11. The highest BCUT2D eigenvalue weighted by Gasteiger charge is 2.35. The van der Waals surface area contributed by atoms with Crippen LogP contribution in [0.15, 0.2) is 140 Å². The van der Waals surface area contributed by atoms with E-state index in [1.54, 1.807) is 11.5 Å². The molecule has 1 N–H and O–H groups in total. The molecule has 0 unspecified atom stereocenters. The van der Waals surface area contributed by atoms with E-state index in [1.807, 2.05) is 12.1 Å². The normalized spacial score (nSPS) is 13.1. The number of H-pyrrole nitrogens is 1. The van der Waals surface area contributed by atoms with Crippen molar-refractivity contribution in [2.45, 2.75) is 26.2 Å². The number of para-hydroxylation sites is 1. The summed E-state index contributed by atoms with van der Waals surface area (Å²) >= 11 is 1.68. The van der Waals surface area contributed by atoms with Crippen LogP contribution in [0.5, 0.6) is 0 Å². The minimum absolute atomic E-state index is 0.0250. The molecule has 0 aliphatic heterocycles. The molecule has 7 aromatic carbocycles. The summed E-state index contributed by atoms with van der Waals surface area (Å²) < 4.78 is 4.46. The fourth-order valence-electron chi connectivity index (χ4n) is 7.08. The average Bonchev–Trinajstić information content (AvgIpc) is 3.28. The molecule has 8 aromatic rings. The van der Waals surface area contributed by atoms with Crippen molar-refractivity contribution in [3.8, 4) is 33.4 Å². The van der Waals surface area contributed by atoms with Crippen LogP contribution >= 0.6 is 11.5 Å². The zero-order valence-corrected chi connectivity index (χ0v) is 26.0. The molecule has 0 fully saturated rings. The van der Waals surface area contributed by atoms with Crippen molar-refractivity contribution in [3.05, 3.63) is 156 Å². The molecule has 212 valence electrons. The zero-order valence-electron chi connectivity index (χ0n) is 25.2. The summed E-state index contributed by atoms with van der Waals surface area (Å²) in [6.45, 7) is 7.02. The molecule has 1 aliphatic carbocycles. The van der Waals surface area contributed by atoms with Crippen molar-refractivity contribution >= 4 is 43.3 Å². The minimum atomic E-state index is -0.0250. The average molecular weight is 584 g/mol. The number of aromatic nitrogens is 1. The third-order valence-electron chi connectivity index (χ3n) is 9.41. The quantitative estimate of drug-likeness (QED) is 0.195. The lowest BCUT2D eigenvalue weighted by atomic mass is 9.80. The van der Waals surface area contributed by atoms with Gasteiger partial charge in [0.2, 0.25) is 0 Å². The van der Waals surface area contributed by atoms with E-state index in [-0.39, 0.29) is 5.41 Å². The molecule has 0 saturated carbocycles. The molecule has 1 aromatic heterocycles. The van der Waals surface area contributed by atoms with Crippen LogP contribution in [0.3, 0.4) is 0 Å². The molecule has 0 amide bonds. The van der Waals surface area contributed by atoms with Gasteiger partial charge < -0.3 is 4.37 Å². The molecular formula is C42H33NS. The molecule has 1 nitrogen and oxygen atoms in total. The highest BCUT2D eigenvalue weighted by Crippen LogP contribution is 2.52. The SMILES string of the molecule is Cc1c2ccccc2c(-c2cccc(-c3ccccc3)c2)c2cc3c(cc12)-c1ccccc1C3(C)C.c1ccc2s[nH]c2c1. The van der Waals surface area contributed by atoms with Crippen LogP contribution in [0.4, 0.5) is 0 Å². The Morgan fingerprint density at radius 3 is 1.93 bits per heavy atom. The molecule has 0 bridgehead atoms.